The lowest BCUT2D eigenvalue weighted by Crippen LogP contribution is -1.83. The molecule has 0 atom stereocenters. The Bertz CT molecular complexity index is 502. The maximum absolute atomic E-state index is 10.6. The van der Waals surface area contributed by atoms with Crippen molar-refractivity contribution < 1.29 is 4.79 Å². The molecule has 0 unspecified atom stereocenters. The molecule has 15 heavy (non-hydrogen) atoms. The molecular formula is C12H11NOS. The first-order valence-corrected chi connectivity index (χ1v) is 5.52. The summed E-state index contributed by atoms with van der Waals surface area (Å²) in [6, 6.07) is 8.15. The molecule has 0 aliphatic rings. The van der Waals surface area contributed by atoms with Gasteiger partial charge in [-0.15, -0.1) is 11.3 Å². The van der Waals surface area contributed by atoms with E-state index in [1.807, 2.05) is 32.0 Å². The summed E-state index contributed by atoms with van der Waals surface area (Å²) in [5, 5.41) is 0.545. The van der Waals surface area contributed by atoms with Gasteiger partial charge >= 0.3 is 0 Å². The third kappa shape index (κ3) is 1.97. The number of aromatic nitrogens is 1. The molecule has 0 saturated carbocycles. The first-order valence-electron chi connectivity index (χ1n) is 4.70. The van der Waals surface area contributed by atoms with Crippen LogP contribution >= 0.6 is 11.3 Å². The molecule has 0 fully saturated rings. The Morgan fingerprint density at radius 1 is 1.33 bits per heavy atom. The first kappa shape index (κ1) is 10.1. The van der Waals surface area contributed by atoms with Crippen LogP contribution in [0.5, 0.6) is 0 Å². The minimum atomic E-state index is 0.545. The van der Waals surface area contributed by atoms with Crippen LogP contribution in [0.15, 0.2) is 24.3 Å². The highest BCUT2D eigenvalue weighted by atomic mass is 32.1. The normalized spacial score (nSPS) is 10.3. The first-order chi connectivity index (χ1) is 7.20. The molecule has 0 aliphatic heterocycles. The molecule has 1 aromatic carbocycles. The monoisotopic (exact) mass is 217 g/mol. The van der Waals surface area contributed by atoms with Crippen molar-refractivity contribution in [3.8, 4) is 11.3 Å². The topological polar surface area (TPSA) is 30.0 Å². The Balaban J connectivity index is 2.53. The van der Waals surface area contributed by atoms with Gasteiger partial charge < -0.3 is 0 Å². The molecular weight excluding hydrogens is 206 g/mol. The molecule has 2 rings (SSSR count). The summed E-state index contributed by atoms with van der Waals surface area (Å²) >= 11 is 1.44. The predicted molar refractivity (Wildman–Crippen MR) is 62.4 cm³/mol. The van der Waals surface area contributed by atoms with Crippen LogP contribution in [-0.2, 0) is 0 Å². The predicted octanol–water partition coefficient (Wildman–Crippen LogP) is 3.24. The number of carbonyl (C=O) groups excluding carboxylic acids is 1. The second kappa shape index (κ2) is 3.95. The number of carbonyl (C=O) groups is 1. The Hall–Kier alpha value is -1.48. The van der Waals surface area contributed by atoms with Gasteiger partial charge in [-0.2, -0.15) is 0 Å². The van der Waals surface area contributed by atoms with E-state index in [1.54, 1.807) is 0 Å². The van der Waals surface area contributed by atoms with Crippen LogP contribution in [0.25, 0.3) is 11.3 Å². The molecule has 0 aliphatic carbocycles. The number of thiazole rings is 1. The van der Waals surface area contributed by atoms with E-state index in [2.05, 4.69) is 11.1 Å². The van der Waals surface area contributed by atoms with E-state index in [9.17, 15) is 4.79 Å². The fourth-order valence-electron chi connectivity index (χ4n) is 1.53. The average molecular weight is 217 g/mol. The maximum atomic E-state index is 10.6. The quantitative estimate of drug-likeness (QED) is 0.723. The highest BCUT2D eigenvalue weighted by Gasteiger charge is 2.08. The van der Waals surface area contributed by atoms with E-state index >= 15 is 0 Å². The van der Waals surface area contributed by atoms with E-state index in [4.69, 9.17) is 0 Å². The standard InChI is InChI=1S/C12H11NOS/c1-8-4-3-5-10(6-8)12-9(2)15-11(7-14)13-12/h3-7H,1-2H3. The summed E-state index contributed by atoms with van der Waals surface area (Å²) in [5.74, 6) is 0. The van der Waals surface area contributed by atoms with Crippen molar-refractivity contribution in [2.75, 3.05) is 0 Å². The second-order valence-corrected chi connectivity index (χ2v) is 4.68. The van der Waals surface area contributed by atoms with Crippen molar-refractivity contribution in [1.29, 1.82) is 0 Å². The number of nitrogens with zero attached hydrogens (tertiary/aromatic N) is 1. The molecule has 2 aromatic rings. The van der Waals surface area contributed by atoms with E-state index < -0.39 is 0 Å². The minimum Gasteiger partial charge on any atom is -0.295 e. The molecule has 2 nitrogen and oxygen atoms in total. The Morgan fingerprint density at radius 3 is 2.73 bits per heavy atom. The highest BCUT2D eigenvalue weighted by Crippen LogP contribution is 2.27. The van der Waals surface area contributed by atoms with Gasteiger partial charge in [0.1, 0.15) is 0 Å². The van der Waals surface area contributed by atoms with Crippen LogP contribution in [-0.4, -0.2) is 11.3 Å². The van der Waals surface area contributed by atoms with Gasteiger partial charge in [-0.1, -0.05) is 23.8 Å². The zero-order valence-corrected chi connectivity index (χ0v) is 9.47. The molecule has 0 spiro atoms. The summed E-state index contributed by atoms with van der Waals surface area (Å²) in [4.78, 5) is 16.0. The zero-order chi connectivity index (χ0) is 10.8. The van der Waals surface area contributed by atoms with Gasteiger partial charge in [0.25, 0.3) is 0 Å². The van der Waals surface area contributed by atoms with Crippen molar-refractivity contribution in [2.45, 2.75) is 13.8 Å². The Morgan fingerprint density at radius 2 is 2.13 bits per heavy atom. The van der Waals surface area contributed by atoms with Crippen molar-refractivity contribution in [3.05, 3.63) is 39.7 Å². The van der Waals surface area contributed by atoms with Gasteiger partial charge in [0.15, 0.2) is 11.3 Å². The third-order valence-electron chi connectivity index (χ3n) is 2.21. The summed E-state index contributed by atoms with van der Waals surface area (Å²) in [7, 11) is 0. The number of aldehydes is 1. The number of aryl methyl sites for hydroxylation is 2. The number of hydrogen-bond acceptors (Lipinski definition) is 3. The lowest BCUT2D eigenvalue weighted by atomic mass is 10.1. The lowest BCUT2D eigenvalue weighted by Gasteiger charge is -1.99. The fraction of sp³-hybridized carbons (Fsp3) is 0.167. The Labute approximate surface area is 92.6 Å². The van der Waals surface area contributed by atoms with E-state index in [0.717, 1.165) is 22.4 Å². The van der Waals surface area contributed by atoms with Gasteiger partial charge in [0.05, 0.1) is 5.69 Å². The van der Waals surface area contributed by atoms with E-state index in [0.29, 0.717) is 5.01 Å². The van der Waals surface area contributed by atoms with Gasteiger partial charge in [0, 0.05) is 10.4 Å². The SMILES string of the molecule is Cc1cccc(-c2nc(C=O)sc2C)c1. The van der Waals surface area contributed by atoms with Crippen LogP contribution in [0.4, 0.5) is 0 Å². The number of rotatable bonds is 2. The van der Waals surface area contributed by atoms with Gasteiger partial charge in [0.2, 0.25) is 0 Å². The van der Waals surface area contributed by atoms with Crippen molar-refractivity contribution >= 4 is 17.6 Å². The molecule has 0 bridgehead atoms. The lowest BCUT2D eigenvalue weighted by molar-refractivity contribution is 0.112. The third-order valence-corrected chi connectivity index (χ3v) is 3.10. The van der Waals surface area contributed by atoms with Crippen LogP contribution in [0.3, 0.4) is 0 Å². The maximum Gasteiger partial charge on any atom is 0.178 e. The highest BCUT2D eigenvalue weighted by molar-refractivity contribution is 7.13. The van der Waals surface area contributed by atoms with E-state index in [-0.39, 0.29) is 0 Å². The molecule has 3 heteroatoms. The van der Waals surface area contributed by atoms with E-state index in [1.165, 1.54) is 16.9 Å². The fourth-order valence-corrected chi connectivity index (χ4v) is 2.29. The Kier molecular flexibility index (Phi) is 2.64. The second-order valence-electron chi connectivity index (χ2n) is 3.44. The molecule has 0 saturated heterocycles. The van der Waals surface area contributed by atoms with Gasteiger partial charge in [-0.3, -0.25) is 4.79 Å². The molecule has 1 heterocycles. The summed E-state index contributed by atoms with van der Waals surface area (Å²) in [6.07, 6.45) is 0.803. The smallest absolute Gasteiger partial charge is 0.178 e. The molecule has 76 valence electrons. The molecule has 0 radical (unpaired) electrons. The number of hydrogen-bond donors (Lipinski definition) is 0. The van der Waals surface area contributed by atoms with Gasteiger partial charge in [-0.05, 0) is 19.9 Å². The van der Waals surface area contributed by atoms with Crippen LogP contribution in [0.2, 0.25) is 0 Å². The largest absolute Gasteiger partial charge is 0.295 e. The minimum absolute atomic E-state index is 0.545. The van der Waals surface area contributed by atoms with Crippen LogP contribution in [0.1, 0.15) is 20.2 Å². The van der Waals surface area contributed by atoms with Crippen LogP contribution < -0.4 is 0 Å². The molecule has 0 amide bonds. The van der Waals surface area contributed by atoms with Crippen LogP contribution in [0, 0.1) is 13.8 Å². The summed E-state index contributed by atoms with van der Waals surface area (Å²) in [6.45, 7) is 4.04. The molecule has 1 aromatic heterocycles. The van der Waals surface area contributed by atoms with Crippen molar-refractivity contribution in [2.24, 2.45) is 0 Å². The van der Waals surface area contributed by atoms with Gasteiger partial charge in [-0.25, -0.2) is 4.98 Å². The number of benzene rings is 1. The summed E-state index contributed by atoms with van der Waals surface area (Å²) in [5.41, 5.74) is 3.20. The average Bonchev–Trinajstić information content (AvgIpc) is 2.60. The summed E-state index contributed by atoms with van der Waals surface area (Å²) < 4.78 is 0. The van der Waals surface area contributed by atoms with Crippen molar-refractivity contribution in [3.63, 3.8) is 0 Å². The van der Waals surface area contributed by atoms with Crippen molar-refractivity contribution in [1.82, 2.24) is 4.98 Å². The molecule has 0 N–H and O–H groups in total. The zero-order valence-electron chi connectivity index (χ0n) is 8.65.